The number of hydrogen-bond donors (Lipinski definition) is 2. The first kappa shape index (κ1) is 21.3. The summed E-state index contributed by atoms with van der Waals surface area (Å²) in [6.45, 7) is -0.273. The molecule has 0 aliphatic rings. The predicted molar refractivity (Wildman–Crippen MR) is 122 cm³/mol. The van der Waals surface area contributed by atoms with E-state index in [1.54, 1.807) is 42.5 Å². The summed E-state index contributed by atoms with van der Waals surface area (Å²) in [7, 11) is 0. The third-order valence-corrected chi connectivity index (χ3v) is 5.11. The summed E-state index contributed by atoms with van der Waals surface area (Å²) in [4.78, 5) is 42.4. The highest BCUT2D eigenvalue weighted by Crippen LogP contribution is 2.12. The first-order chi connectivity index (χ1) is 15.5. The standard InChI is InChI=1S/C24H19ClN4O3/c25-18-12-10-17(11-13-18)23(31)28-27-22(30)15-29-21-9-5-4-8-19(21)26-20(24(29)32)14-16-6-2-1-3-7-16/h1-13H,14-15H2,(H,27,30)(H,28,31). The lowest BCUT2D eigenvalue weighted by Crippen LogP contribution is -2.44. The Kier molecular flexibility index (Phi) is 6.28. The van der Waals surface area contributed by atoms with Crippen molar-refractivity contribution in [1.82, 2.24) is 20.4 Å². The summed E-state index contributed by atoms with van der Waals surface area (Å²) in [6, 6.07) is 22.9. The number of halogens is 1. The van der Waals surface area contributed by atoms with Crippen molar-refractivity contribution in [2.75, 3.05) is 0 Å². The molecule has 0 saturated heterocycles. The Morgan fingerprint density at radius 1 is 0.875 bits per heavy atom. The fourth-order valence-electron chi connectivity index (χ4n) is 3.29. The maximum atomic E-state index is 13.1. The zero-order chi connectivity index (χ0) is 22.5. The number of rotatable bonds is 5. The highest BCUT2D eigenvalue weighted by atomic mass is 35.5. The van der Waals surface area contributed by atoms with Crippen molar-refractivity contribution in [3.8, 4) is 0 Å². The van der Waals surface area contributed by atoms with E-state index in [9.17, 15) is 14.4 Å². The first-order valence-corrected chi connectivity index (χ1v) is 10.3. The molecule has 2 N–H and O–H groups in total. The lowest BCUT2D eigenvalue weighted by atomic mass is 10.1. The number of para-hydroxylation sites is 2. The largest absolute Gasteiger partial charge is 0.296 e. The molecular weight excluding hydrogens is 428 g/mol. The minimum Gasteiger partial charge on any atom is -0.296 e. The van der Waals surface area contributed by atoms with Crippen LogP contribution in [0.1, 0.15) is 21.6 Å². The Bertz CT molecular complexity index is 1340. The molecule has 0 fully saturated rings. The van der Waals surface area contributed by atoms with Crippen molar-refractivity contribution >= 4 is 34.4 Å². The maximum absolute atomic E-state index is 13.1. The normalized spacial score (nSPS) is 10.7. The van der Waals surface area contributed by atoms with Crippen LogP contribution in [0.4, 0.5) is 0 Å². The monoisotopic (exact) mass is 446 g/mol. The second kappa shape index (κ2) is 9.45. The van der Waals surface area contributed by atoms with Crippen molar-refractivity contribution in [1.29, 1.82) is 0 Å². The molecule has 0 aliphatic heterocycles. The molecule has 0 radical (unpaired) electrons. The smallest absolute Gasteiger partial charge is 0.273 e. The van der Waals surface area contributed by atoms with Crippen LogP contribution in [-0.2, 0) is 17.8 Å². The number of carbonyl (C=O) groups excluding carboxylic acids is 2. The van der Waals surface area contributed by atoms with Crippen LogP contribution in [0.2, 0.25) is 5.02 Å². The highest BCUT2D eigenvalue weighted by Gasteiger charge is 2.15. The van der Waals surface area contributed by atoms with Crippen molar-refractivity contribution in [3.63, 3.8) is 0 Å². The van der Waals surface area contributed by atoms with Crippen LogP contribution in [0.5, 0.6) is 0 Å². The molecule has 0 aliphatic carbocycles. The number of fused-ring (bicyclic) bond motifs is 1. The quantitative estimate of drug-likeness (QED) is 0.461. The molecule has 1 aromatic heterocycles. The van der Waals surface area contributed by atoms with Gasteiger partial charge in [0.2, 0.25) is 0 Å². The Morgan fingerprint density at radius 2 is 1.56 bits per heavy atom. The number of carbonyl (C=O) groups is 2. The highest BCUT2D eigenvalue weighted by molar-refractivity contribution is 6.30. The topological polar surface area (TPSA) is 93.1 Å². The van der Waals surface area contributed by atoms with E-state index in [2.05, 4.69) is 15.8 Å². The fraction of sp³-hybridized carbons (Fsp3) is 0.0833. The van der Waals surface area contributed by atoms with Gasteiger partial charge in [-0.2, -0.15) is 0 Å². The molecule has 0 bridgehead atoms. The summed E-state index contributed by atoms with van der Waals surface area (Å²) < 4.78 is 1.37. The Balaban J connectivity index is 1.55. The average molecular weight is 447 g/mol. The van der Waals surface area contributed by atoms with Crippen LogP contribution in [0.25, 0.3) is 11.0 Å². The molecule has 1 heterocycles. The predicted octanol–water partition coefficient (Wildman–Crippen LogP) is 3.10. The van der Waals surface area contributed by atoms with Gasteiger partial charge in [-0.3, -0.25) is 29.8 Å². The number of aromatic nitrogens is 2. The molecule has 4 aromatic rings. The Hall–Kier alpha value is -3.97. The molecule has 0 spiro atoms. The van der Waals surface area contributed by atoms with Gasteiger partial charge in [0.15, 0.2) is 0 Å². The third kappa shape index (κ3) is 4.84. The third-order valence-electron chi connectivity index (χ3n) is 4.86. The first-order valence-electron chi connectivity index (χ1n) is 9.88. The fourth-order valence-corrected chi connectivity index (χ4v) is 3.42. The molecule has 0 saturated carbocycles. The number of amides is 2. The number of nitrogens with one attached hydrogen (secondary N) is 2. The van der Waals surface area contributed by atoms with Gasteiger partial charge in [0.05, 0.1) is 11.0 Å². The summed E-state index contributed by atoms with van der Waals surface area (Å²) in [5, 5.41) is 0.501. The summed E-state index contributed by atoms with van der Waals surface area (Å²) in [6.07, 6.45) is 0.347. The molecule has 32 heavy (non-hydrogen) atoms. The molecule has 0 atom stereocenters. The molecule has 7 nitrogen and oxygen atoms in total. The van der Waals surface area contributed by atoms with Gasteiger partial charge in [-0.1, -0.05) is 54.1 Å². The van der Waals surface area contributed by atoms with Gasteiger partial charge in [0.1, 0.15) is 12.2 Å². The van der Waals surface area contributed by atoms with E-state index in [1.807, 2.05) is 36.4 Å². The van der Waals surface area contributed by atoms with Gasteiger partial charge < -0.3 is 0 Å². The number of nitrogens with zero attached hydrogens (tertiary/aromatic N) is 2. The van der Waals surface area contributed by atoms with E-state index in [4.69, 9.17) is 11.6 Å². The van der Waals surface area contributed by atoms with Crippen LogP contribution < -0.4 is 16.4 Å². The lowest BCUT2D eigenvalue weighted by Gasteiger charge is -2.13. The zero-order valence-electron chi connectivity index (χ0n) is 16.9. The average Bonchev–Trinajstić information content (AvgIpc) is 2.81. The number of hydrogen-bond acceptors (Lipinski definition) is 4. The van der Waals surface area contributed by atoms with Gasteiger partial charge >= 0.3 is 0 Å². The van der Waals surface area contributed by atoms with Gasteiger partial charge in [-0.15, -0.1) is 0 Å². The number of benzene rings is 3. The lowest BCUT2D eigenvalue weighted by molar-refractivity contribution is -0.122. The molecule has 160 valence electrons. The van der Waals surface area contributed by atoms with E-state index >= 15 is 0 Å². The van der Waals surface area contributed by atoms with Crippen LogP contribution >= 0.6 is 11.6 Å². The Morgan fingerprint density at radius 3 is 2.31 bits per heavy atom. The molecule has 2 amide bonds. The molecule has 0 unspecified atom stereocenters. The van der Waals surface area contributed by atoms with Crippen LogP contribution in [-0.4, -0.2) is 21.4 Å². The SMILES string of the molecule is O=C(Cn1c(=O)c(Cc2ccccc2)nc2ccccc21)NNC(=O)c1ccc(Cl)cc1. The molecule has 3 aromatic carbocycles. The second-order valence-corrected chi connectivity index (χ2v) is 7.55. The van der Waals surface area contributed by atoms with Gasteiger partial charge in [0.25, 0.3) is 17.4 Å². The molecular formula is C24H19ClN4O3. The summed E-state index contributed by atoms with van der Waals surface area (Å²) in [5.41, 5.74) is 7.11. The van der Waals surface area contributed by atoms with Crippen LogP contribution in [0.3, 0.4) is 0 Å². The van der Waals surface area contributed by atoms with Crippen LogP contribution in [0.15, 0.2) is 83.7 Å². The van der Waals surface area contributed by atoms with E-state index in [-0.39, 0.29) is 12.1 Å². The molecule has 8 heteroatoms. The maximum Gasteiger partial charge on any atom is 0.273 e. The van der Waals surface area contributed by atoms with Crippen molar-refractivity contribution < 1.29 is 9.59 Å². The summed E-state index contributed by atoms with van der Waals surface area (Å²) in [5.74, 6) is -1.04. The van der Waals surface area contributed by atoms with Gasteiger partial charge in [-0.25, -0.2) is 4.98 Å². The van der Waals surface area contributed by atoms with E-state index in [1.165, 1.54) is 4.57 Å². The van der Waals surface area contributed by atoms with E-state index in [0.717, 1.165) is 5.56 Å². The van der Waals surface area contributed by atoms with Gasteiger partial charge in [-0.05, 0) is 42.0 Å². The van der Waals surface area contributed by atoms with Crippen LogP contribution in [0, 0.1) is 0 Å². The van der Waals surface area contributed by atoms with Crippen molar-refractivity contribution in [2.45, 2.75) is 13.0 Å². The zero-order valence-corrected chi connectivity index (χ0v) is 17.7. The second-order valence-electron chi connectivity index (χ2n) is 7.11. The summed E-state index contributed by atoms with van der Waals surface area (Å²) >= 11 is 5.82. The van der Waals surface area contributed by atoms with Gasteiger partial charge in [0, 0.05) is 17.0 Å². The Labute approximate surface area is 188 Å². The van der Waals surface area contributed by atoms with E-state index < -0.39 is 11.8 Å². The minimum atomic E-state index is -0.545. The van der Waals surface area contributed by atoms with E-state index in [0.29, 0.717) is 33.7 Å². The van der Waals surface area contributed by atoms with Crippen molar-refractivity contribution in [3.05, 3.63) is 111 Å². The van der Waals surface area contributed by atoms with Crippen molar-refractivity contribution in [2.24, 2.45) is 0 Å². The number of hydrazine groups is 1. The minimum absolute atomic E-state index is 0.273. The molecule has 4 rings (SSSR count).